The summed E-state index contributed by atoms with van der Waals surface area (Å²) in [4.78, 5) is 4.02. The van der Waals surface area contributed by atoms with Gasteiger partial charge in [-0.25, -0.2) is 4.99 Å². The summed E-state index contributed by atoms with van der Waals surface area (Å²) in [5, 5.41) is 7.46. The highest BCUT2D eigenvalue weighted by atomic mass is 15.0. The van der Waals surface area contributed by atoms with E-state index in [0.29, 0.717) is 17.7 Å². The number of hydrogen-bond donors (Lipinski definition) is 2. The highest BCUT2D eigenvalue weighted by Gasteiger charge is 2.31. The molecule has 0 spiro atoms. The Balaban J connectivity index is 2.00. The maximum atomic E-state index is 7.46. The van der Waals surface area contributed by atoms with Gasteiger partial charge in [0.15, 0.2) is 0 Å². The molecule has 1 aliphatic heterocycles. The van der Waals surface area contributed by atoms with E-state index in [1.165, 1.54) is 32.1 Å². The minimum Gasteiger partial charge on any atom is -0.387 e. The molecule has 1 fully saturated rings. The van der Waals surface area contributed by atoms with Crippen LogP contribution in [0.4, 0.5) is 0 Å². The van der Waals surface area contributed by atoms with Crippen LogP contribution in [0, 0.1) is 17.2 Å². The zero-order valence-electron chi connectivity index (χ0n) is 7.92. The van der Waals surface area contributed by atoms with Gasteiger partial charge < -0.3 is 5.73 Å². The second-order valence-electron chi connectivity index (χ2n) is 4.19. The highest BCUT2D eigenvalue weighted by molar-refractivity contribution is 6.03. The molecule has 3 heteroatoms. The summed E-state index contributed by atoms with van der Waals surface area (Å²) in [5.74, 6) is 2.30. The number of hydrogen-bond acceptors (Lipinski definition) is 2. The summed E-state index contributed by atoms with van der Waals surface area (Å²) < 4.78 is 0. The molecule has 2 rings (SSSR count). The van der Waals surface area contributed by atoms with Gasteiger partial charge in [-0.05, 0) is 18.8 Å². The van der Waals surface area contributed by atoms with Crippen molar-refractivity contribution < 1.29 is 0 Å². The van der Waals surface area contributed by atoms with Gasteiger partial charge in [0.1, 0.15) is 11.7 Å². The lowest BCUT2D eigenvalue weighted by atomic mass is 9.79. The minimum absolute atomic E-state index is 0.396. The number of rotatable bonds is 1. The lowest BCUT2D eigenvalue weighted by molar-refractivity contribution is 0.305. The first-order valence-electron chi connectivity index (χ1n) is 5.19. The summed E-state index contributed by atoms with van der Waals surface area (Å²) >= 11 is 0. The van der Waals surface area contributed by atoms with Gasteiger partial charge >= 0.3 is 0 Å². The van der Waals surface area contributed by atoms with Gasteiger partial charge in [-0.3, -0.25) is 5.41 Å². The van der Waals surface area contributed by atoms with Gasteiger partial charge in [0.05, 0.1) is 0 Å². The Labute approximate surface area is 78.9 Å². The van der Waals surface area contributed by atoms with Crippen molar-refractivity contribution in [3.8, 4) is 0 Å². The second kappa shape index (κ2) is 3.48. The highest BCUT2D eigenvalue weighted by Crippen LogP contribution is 2.34. The fourth-order valence-corrected chi connectivity index (χ4v) is 2.54. The first-order valence-corrected chi connectivity index (χ1v) is 5.19. The predicted molar refractivity (Wildman–Crippen MR) is 54.0 cm³/mol. The van der Waals surface area contributed by atoms with E-state index in [-0.39, 0.29) is 0 Å². The smallest absolute Gasteiger partial charge is 0.123 e. The lowest BCUT2D eigenvalue weighted by Crippen LogP contribution is -2.28. The third kappa shape index (κ3) is 1.74. The van der Waals surface area contributed by atoms with Crippen LogP contribution < -0.4 is 5.73 Å². The third-order valence-corrected chi connectivity index (χ3v) is 3.28. The van der Waals surface area contributed by atoms with Crippen LogP contribution in [0.2, 0.25) is 0 Å². The van der Waals surface area contributed by atoms with Crippen LogP contribution in [0.15, 0.2) is 4.99 Å². The molecule has 0 saturated heterocycles. The summed E-state index contributed by atoms with van der Waals surface area (Å²) in [6.07, 6.45) is 7.40. The Bertz CT molecular complexity index is 239. The molecule has 0 aromatic rings. The summed E-state index contributed by atoms with van der Waals surface area (Å²) in [7, 11) is 0. The van der Waals surface area contributed by atoms with Gasteiger partial charge in [-0.15, -0.1) is 0 Å². The monoisotopic (exact) mass is 179 g/mol. The Hall–Kier alpha value is -0.860. The van der Waals surface area contributed by atoms with Crippen molar-refractivity contribution >= 4 is 11.7 Å². The van der Waals surface area contributed by atoms with Gasteiger partial charge in [-0.2, -0.15) is 0 Å². The van der Waals surface area contributed by atoms with E-state index in [0.717, 1.165) is 12.3 Å². The first kappa shape index (κ1) is 8.73. The van der Waals surface area contributed by atoms with Crippen LogP contribution in [0.5, 0.6) is 0 Å². The van der Waals surface area contributed by atoms with E-state index in [9.17, 15) is 0 Å². The maximum Gasteiger partial charge on any atom is 0.123 e. The van der Waals surface area contributed by atoms with Crippen molar-refractivity contribution in [2.24, 2.45) is 22.6 Å². The third-order valence-electron chi connectivity index (χ3n) is 3.28. The van der Waals surface area contributed by atoms with Gasteiger partial charge in [-0.1, -0.05) is 19.3 Å². The molecule has 0 aromatic heterocycles. The molecule has 1 aliphatic carbocycles. The van der Waals surface area contributed by atoms with E-state index in [4.69, 9.17) is 11.1 Å². The van der Waals surface area contributed by atoms with Crippen LogP contribution in [-0.4, -0.2) is 11.7 Å². The molecule has 3 N–H and O–H groups in total. The molecule has 1 heterocycles. The van der Waals surface area contributed by atoms with E-state index in [1.54, 1.807) is 0 Å². The van der Waals surface area contributed by atoms with Crippen molar-refractivity contribution in [1.82, 2.24) is 0 Å². The standard InChI is InChI=1S/C10H17N3/c11-9-6-8(10(12)13-9)7-4-2-1-3-5-7/h7-8H,1-6H2,(H3,11,12,13). The molecule has 0 radical (unpaired) electrons. The molecular formula is C10H17N3. The van der Waals surface area contributed by atoms with Crippen molar-refractivity contribution in [2.45, 2.75) is 38.5 Å². The molecule has 72 valence electrons. The minimum atomic E-state index is 0.396. The average molecular weight is 179 g/mol. The van der Waals surface area contributed by atoms with Crippen molar-refractivity contribution in [2.75, 3.05) is 0 Å². The topological polar surface area (TPSA) is 62.2 Å². The molecule has 0 bridgehead atoms. The molecule has 0 aromatic carbocycles. The van der Waals surface area contributed by atoms with Gasteiger partial charge in [0.25, 0.3) is 0 Å². The first-order chi connectivity index (χ1) is 6.27. The van der Waals surface area contributed by atoms with E-state index in [1.807, 2.05) is 0 Å². The second-order valence-corrected chi connectivity index (χ2v) is 4.19. The van der Waals surface area contributed by atoms with E-state index < -0.39 is 0 Å². The Morgan fingerprint density at radius 2 is 1.92 bits per heavy atom. The van der Waals surface area contributed by atoms with E-state index >= 15 is 0 Å². The zero-order valence-corrected chi connectivity index (χ0v) is 7.92. The fraction of sp³-hybridized carbons (Fsp3) is 0.800. The average Bonchev–Trinajstić information content (AvgIpc) is 2.47. The number of aliphatic imine (C=N–C) groups is 1. The predicted octanol–water partition coefficient (Wildman–Crippen LogP) is 1.92. The van der Waals surface area contributed by atoms with Crippen molar-refractivity contribution in [3.05, 3.63) is 0 Å². The zero-order chi connectivity index (χ0) is 9.26. The molecule has 1 unspecified atom stereocenters. The molecule has 1 atom stereocenters. The summed E-state index contributed by atoms with van der Waals surface area (Å²) in [6, 6.07) is 0. The molecular weight excluding hydrogens is 162 g/mol. The van der Waals surface area contributed by atoms with Crippen molar-refractivity contribution in [3.63, 3.8) is 0 Å². The maximum absolute atomic E-state index is 7.46. The molecule has 1 saturated carbocycles. The number of nitrogens with two attached hydrogens (primary N) is 1. The van der Waals surface area contributed by atoms with Crippen LogP contribution in [-0.2, 0) is 0 Å². The molecule has 3 nitrogen and oxygen atoms in total. The Kier molecular flexibility index (Phi) is 2.34. The quantitative estimate of drug-likeness (QED) is 0.634. The normalized spacial score (nSPS) is 30.6. The van der Waals surface area contributed by atoms with Crippen LogP contribution in [0.25, 0.3) is 0 Å². The SMILES string of the molecule is N=C1CC(C2CCCCC2)C(N)=N1. The Morgan fingerprint density at radius 3 is 2.46 bits per heavy atom. The van der Waals surface area contributed by atoms with E-state index in [2.05, 4.69) is 4.99 Å². The van der Waals surface area contributed by atoms with Gasteiger partial charge in [0.2, 0.25) is 0 Å². The Morgan fingerprint density at radius 1 is 1.23 bits per heavy atom. The van der Waals surface area contributed by atoms with Crippen LogP contribution >= 0.6 is 0 Å². The molecule has 2 aliphatic rings. The summed E-state index contributed by atoms with van der Waals surface area (Å²) in [6.45, 7) is 0. The number of nitrogens with zero attached hydrogens (tertiary/aromatic N) is 1. The summed E-state index contributed by atoms with van der Waals surface area (Å²) in [5.41, 5.74) is 5.81. The number of amidine groups is 2. The molecule has 0 amide bonds. The van der Waals surface area contributed by atoms with Crippen LogP contribution in [0.1, 0.15) is 38.5 Å². The van der Waals surface area contributed by atoms with Gasteiger partial charge in [0, 0.05) is 12.3 Å². The molecule has 13 heavy (non-hydrogen) atoms. The largest absolute Gasteiger partial charge is 0.387 e. The number of nitrogens with one attached hydrogen (secondary N) is 1. The fourth-order valence-electron chi connectivity index (χ4n) is 2.54. The lowest BCUT2D eigenvalue weighted by Gasteiger charge is -2.26. The van der Waals surface area contributed by atoms with Crippen LogP contribution in [0.3, 0.4) is 0 Å². The van der Waals surface area contributed by atoms with Crippen molar-refractivity contribution in [1.29, 1.82) is 5.41 Å².